The molecule has 1 aliphatic rings. The molecular weight excluding hydrogens is 1240 g/mol. The van der Waals surface area contributed by atoms with Crippen LogP contribution in [0, 0.1) is 41.4 Å². The predicted octanol–water partition coefficient (Wildman–Crippen LogP) is 2.37. The Morgan fingerprint density at radius 1 is 0.531 bits per heavy atom. The van der Waals surface area contributed by atoms with Crippen LogP contribution in [0.25, 0.3) is 0 Å². The van der Waals surface area contributed by atoms with E-state index in [4.69, 9.17) is 9.47 Å². The Hall–Kier alpha value is -6.94. The highest BCUT2D eigenvalue weighted by molar-refractivity contribution is 5.99. The molecule has 0 aliphatic carbocycles. The molecule has 550 valence electrons. The highest BCUT2D eigenvalue weighted by Crippen LogP contribution is 2.25. The molecule has 1 saturated heterocycles. The molecule has 1 unspecified atom stereocenters. The second-order valence-corrected chi connectivity index (χ2v) is 28.6. The van der Waals surface area contributed by atoms with Crippen LogP contribution in [0.2, 0.25) is 0 Å². The number of hydrogen-bond donors (Lipinski definition) is 7. The summed E-state index contributed by atoms with van der Waals surface area (Å²) in [4.78, 5) is 183. The predicted molar refractivity (Wildman–Crippen MR) is 365 cm³/mol. The summed E-state index contributed by atoms with van der Waals surface area (Å²) in [5, 5.41) is 37.0. The minimum absolute atomic E-state index is 0.00292. The van der Waals surface area contributed by atoms with Crippen molar-refractivity contribution < 1.29 is 77.2 Å². The molecule has 1 aliphatic heterocycles. The van der Waals surface area contributed by atoms with Crippen LogP contribution in [-0.4, -0.2) is 271 Å². The highest BCUT2D eigenvalue weighted by Gasteiger charge is 2.45. The number of carbonyl (C=O) groups excluding carboxylic acids is 12. The van der Waals surface area contributed by atoms with Gasteiger partial charge in [-0.15, -0.1) is 0 Å². The summed E-state index contributed by atoms with van der Waals surface area (Å²) in [6.45, 7) is 26.9. The van der Waals surface area contributed by atoms with E-state index in [9.17, 15) is 53.4 Å². The van der Waals surface area contributed by atoms with E-state index in [1.807, 2.05) is 55.4 Å². The number of aliphatic hydroxyl groups is 2. The van der Waals surface area contributed by atoms with Crippen molar-refractivity contribution >= 4 is 71.1 Å². The van der Waals surface area contributed by atoms with Gasteiger partial charge in [0.25, 0.3) is 0 Å². The van der Waals surface area contributed by atoms with Crippen LogP contribution in [0.1, 0.15) is 156 Å². The van der Waals surface area contributed by atoms with Gasteiger partial charge in [0.15, 0.2) is 0 Å². The van der Waals surface area contributed by atoms with Crippen molar-refractivity contribution in [3.05, 3.63) is 12.2 Å². The van der Waals surface area contributed by atoms with Crippen LogP contribution < -0.4 is 26.6 Å². The van der Waals surface area contributed by atoms with Crippen LogP contribution in [0.4, 0.5) is 4.79 Å². The zero-order valence-electron chi connectivity index (χ0n) is 62.1. The topological polar surface area (TPSA) is 347 Å². The Labute approximate surface area is 571 Å². The molecule has 7 N–H and O–H groups in total. The normalized spacial score (nSPS) is 25.6. The number of ether oxygens (including phenoxy) is 2. The Kier molecular flexibility index (Phi) is 37.5. The zero-order chi connectivity index (χ0) is 74.1. The van der Waals surface area contributed by atoms with E-state index in [0.29, 0.717) is 0 Å². The van der Waals surface area contributed by atoms with Gasteiger partial charge in [-0.2, -0.15) is 0 Å². The lowest BCUT2D eigenvalue weighted by molar-refractivity contribution is -0.154. The quantitative estimate of drug-likeness (QED) is 0.0765. The van der Waals surface area contributed by atoms with E-state index in [-0.39, 0.29) is 94.3 Å². The SMILES string of the molecule is C/C=C/C[C@@H](C)[C@@H](O)[C@H]1C(=O)N[C@@H](C(C)O)C(=O)N(C)CC(=O)N(C)[C@@H](CC(C)C)C(=O)N[C@@H](CC(C)C)C(=O)N(C)[C@@H](CC(C)C)C(=O)N[C@@H](C)C(=O)N[C@H](C)C(=O)N(C)[C@@H](C[C@H](C)COC(=O)N(C)CCOC)C(=O)N[C@@H](CC(C)C)C(=O)N(C)[C@@H](CC(C)C)C(=O)N1C. The van der Waals surface area contributed by atoms with Crippen LogP contribution in [0.3, 0.4) is 0 Å². The first-order valence-corrected chi connectivity index (χ1v) is 33.9. The lowest BCUT2D eigenvalue weighted by Gasteiger charge is -2.39. The molecule has 14 atom stereocenters. The van der Waals surface area contributed by atoms with Crippen molar-refractivity contribution in [2.75, 3.05) is 82.7 Å². The molecule has 0 saturated carbocycles. The molecule has 0 aromatic rings. The Bertz CT molecular complexity index is 2620. The summed E-state index contributed by atoms with van der Waals surface area (Å²) in [6, 6.07) is -14.0. The standard InChI is InChI=1S/C68H122N12O16/c1-25-26-27-44(13)57(83)56-62(88)73-55(47(16)81)67(93)75(18)36-54(82)76(19)50(32-40(6)7)60(86)71-48(30-38(2)3)64(90)78(21)51(33-41(8)9)59(85)69-45(14)58(84)70-46(15)63(89)77(20)52(35-43(12)37-96-68(94)74(17)28-29-95-24)61(87)72-49(31-39(4)5)65(91)79(22)53(34-42(10)11)66(92)80(56)23/h25-26,38-53,55-57,81,83H,27-37H2,1-24H3,(H,69,85)(H,70,84)(H,71,86)(H,72,87)(H,73,88)/b26-25+/t43-,44+,45-,46+,47?,48-,49-,50-,51-,52-,53-,55-,56-,57+/m0/s1. The van der Waals surface area contributed by atoms with E-state index >= 15 is 14.4 Å². The minimum Gasteiger partial charge on any atom is -0.449 e. The number of methoxy groups -OCH3 is 1. The molecule has 28 nitrogen and oxygen atoms in total. The zero-order valence-corrected chi connectivity index (χ0v) is 62.1. The molecule has 1 fully saturated rings. The van der Waals surface area contributed by atoms with Gasteiger partial charge in [0.1, 0.15) is 60.4 Å². The summed E-state index contributed by atoms with van der Waals surface area (Å²) in [5.41, 5.74) is 0. The largest absolute Gasteiger partial charge is 0.449 e. The van der Waals surface area contributed by atoms with Gasteiger partial charge in [0.05, 0.1) is 32.0 Å². The summed E-state index contributed by atoms with van der Waals surface area (Å²) < 4.78 is 10.7. The van der Waals surface area contributed by atoms with E-state index in [1.54, 1.807) is 46.8 Å². The van der Waals surface area contributed by atoms with Gasteiger partial charge in [-0.1, -0.05) is 95.2 Å². The van der Waals surface area contributed by atoms with E-state index in [2.05, 4.69) is 26.6 Å². The number of hydrogen-bond acceptors (Lipinski definition) is 16. The summed E-state index contributed by atoms with van der Waals surface area (Å²) in [7, 11) is 11.0. The smallest absolute Gasteiger partial charge is 0.409 e. The van der Waals surface area contributed by atoms with Crippen molar-refractivity contribution in [3.63, 3.8) is 0 Å². The molecule has 1 rings (SSSR count). The van der Waals surface area contributed by atoms with Crippen molar-refractivity contribution in [2.45, 2.75) is 228 Å². The fraction of sp³-hybridized carbons (Fsp3) is 0.794. The summed E-state index contributed by atoms with van der Waals surface area (Å²) in [6.07, 6.45) is -0.0332. The molecular formula is C68H122N12O16. The van der Waals surface area contributed by atoms with Gasteiger partial charge in [0.2, 0.25) is 65.0 Å². The van der Waals surface area contributed by atoms with E-state index in [1.165, 1.54) is 87.0 Å². The van der Waals surface area contributed by atoms with Crippen LogP contribution in [-0.2, 0) is 62.2 Å². The Morgan fingerprint density at radius 3 is 1.42 bits per heavy atom. The first-order chi connectivity index (χ1) is 44.5. The highest BCUT2D eigenvalue weighted by atomic mass is 16.6. The van der Waals surface area contributed by atoms with Crippen molar-refractivity contribution in [2.24, 2.45) is 41.4 Å². The number of rotatable bonds is 22. The monoisotopic (exact) mass is 1360 g/mol. The fourth-order valence-corrected chi connectivity index (χ4v) is 11.3. The van der Waals surface area contributed by atoms with Crippen LogP contribution in [0.15, 0.2) is 12.2 Å². The van der Waals surface area contributed by atoms with Crippen molar-refractivity contribution in [1.82, 2.24) is 60.9 Å². The lowest BCUT2D eigenvalue weighted by Crippen LogP contribution is -2.64. The van der Waals surface area contributed by atoms with Crippen molar-refractivity contribution in [3.8, 4) is 0 Å². The van der Waals surface area contributed by atoms with Gasteiger partial charge in [0, 0.05) is 63.0 Å². The lowest BCUT2D eigenvalue weighted by atomic mass is 9.91. The second kappa shape index (κ2) is 41.3. The number of nitrogens with zero attached hydrogens (tertiary/aromatic N) is 7. The third-order valence-corrected chi connectivity index (χ3v) is 17.2. The maximum absolute atomic E-state index is 15.3. The first kappa shape index (κ1) is 87.1. The maximum atomic E-state index is 15.3. The van der Waals surface area contributed by atoms with Crippen molar-refractivity contribution in [1.29, 1.82) is 0 Å². The number of likely N-dealkylation sites (N-methyl/N-ethyl adjacent to an activating group) is 7. The Morgan fingerprint density at radius 2 is 0.958 bits per heavy atom. The van der Waals surface area contributed by atoms with Crippen LogP contribution in [0.5, 0.6) is 0 Å². The Balaban J connectivity index is 4.47. The third-order valence-electron chi connectivity index (χ3n) is 17.2. The molecule has 1 heterocycles. The fourth-order valence-electron chi connectivity index (χ4n) is 11.3. The number of amides is 12. The number of aliphatic hydroxyl groups excluding tert-OH is 2. The van der Waals surface area contributed by atoms with E-state index < -0.39 is 162 Å². The molecule has 12 amide bonds. The molecule has 0 bridgehead atoms. The van der Waals surface area contributed by atoms with Gasteiger partial charge < -0.3 is 80.6 Å². The third kappa shape index (κ3) is 27.2. The molecule has 28 heteroatoms. The average Bonchev–Trinajstić information content (AvgIpc) is 0.819. The molecule has 0 aromatic carbocycles. The molecule has 0 aromatic heterocycles. The average molecular weight is 1360 g/mol. The summed E-state index contributed by atoms with van der Waals surface area (Å²) >= 11 is 0. The molecule has 0 spiro atoms. The number of carbonyl (C=O) groups is 12. The number of allylic oxidation sites excluding steroid dienone is 2. The number of nitrogens with one attached hydrogen (secondary N) is 5. The molecule has 0 radical (unpaired) electrons. The van der Waals surface area contributed by atoms with Crippen LogP contribution >= 0.6 is 0 Å². The maximum Gasteiger partial charge on any atom is 0.409 e. The minimum atomic E-state index is -1.78. The van der Waals surface area contributed by atoms with Gasteiger partial charge in [-0.25, -0.2) is 4.79 Å². The first-order valence-electron chi connectivity index (χ1n) is 33.9. The molecule has 96 heavy (non-hydrogen) atoms. The van der Waals surface area contributed by atoms with Gasteiger partial charge in [-0.05, 0) is 114 Å². The van der Waals surface area contributed by atoms with E-state index in [0.717, 1.165) is 24.5 Å². The van der Waals surface area contributed by atoms with Gasteiger partial charge >= 0.3 is 6.09 Å². The summed E-state index contributed by atoms with van der Waals surface area (Å²) in [5.74, 6) is -11.2. The van der Waals surface area contributed by atoms with Gasteiger partial charge in [-0.3, -0.25) is 52.7 Å². The second-order valence-electron chi connectivity index (χ2n) is 28.6.